The molecule has 1 aliphatic heterocycles. The number of nitrogens with zero attached hydrogens (tertiary/aromatic N) is 4. The van der Waals surface area contributed by atoms with Crippen LogP contribution in [-0.2, 0) is 4.79 Å². The van der Waals surface area contributed by atoms with Crippen molar-refractivity contribution in [2.24, 2.45) is 0 Å². The molecule has 2 aromatic heterocycles. The number of aryl methyl sites for hydroxylation is 2. The van der Waals surface area contributed by atoms with Gasteiger partial charge < -0.3 is 14.4 Å². The monoisotopic (exact) mass is 512 g/mol. The minimum atomic E-state index is -0.555. The summed E-state index contributed by atoms with van der Waals surface area (Å²) in [5.41, 5.74) is 4.31. The number of carbonyl (C=O) groups is 1. The van der Waals surface area contributed by atoms with Crippen LogP contribution in [0.4, 0.5) is 4.39 Å². The van der Waals surface area contributed by atoms with E-state index < -0.39 is 5.82 Å². The molecule has 1 amide bonds. The molecule has 7 nitrogen and oxygen atoms in total. The Kier molecular flexibility index (Phi) is 7.01. The Balaban J connectivity index is 1.56. The van der Waals surface area contributed by atoms with Gasteiger partial charge in [-0.05, 0) is 82.4 Å². The van der Waals surface area contributed by atoms with Crippen LogP contribution in [-0.4, -0.2) is 38.8 Å². The highest BCUT2D eigenvalue weighted by Crippen LogP contribution is 2.37. The number of likely N-dealkylation sites (tertiary alicyclic amines) is 1. The largest absolute Gasteiger partial charge is 0.494 e. The van der Waals surface area contributed by atoms with E-state index in [-0.39, 0.29) is 23.4 Å². The van der Waals surface area contributed by atoms with Gasteiger partial charge in [0.05, 0.1) is 30.1 Å². The molecular weight excluding hydrogens is 483 g/mol. The zero-order valence-corrected chi connectivity index (χ0v) is 21.9. The SMILES string of the molecule is CC#CC(=O)N1CCCC[C@H]1c1nc(-c2ccc(Oc3cccc(OC)c3F)cc2)c2c(C)ncc(C)n12. The lowest BCUT2D eigenvalue weighted by Crippen LogP contribution is -2.38. The van der Waals surface area contributed by atoms with Gasteiger partial charge in [-0.2, -0.15) is 4.39 Å². The van der Waals surface area contributed by atoms with Gasteiger partial charge in [0, 0.05) is 24.0 Å². The third-order valence-corrected chi connectivity index (χ3v) is 6.84. The van der Waals surface area contributed by atoms with E-state index in [2.05, 4.69) is 21.2 Å². The molecule has 0 radical (unpaired) electrons. The third-order valence-electron chi connectivity index (χ3n) is 6.84. The van der Waals surface area contributed by atoms with Crippen LogP contribution >= 0.6 is 0 Å². The maximum Gasteiger partial charge on any atom is 0.299 e. The van der Waals surface area contributed by atoms with Crippen molar-refractivity contribution in [2.45, 2.75) is 46.1 Å². The summed E-state index contributed by atoms with van der Waals surface area (Å²) in [6.07, 6.45) is 4.60. The van der Waals surface area contributed by atoms with E-state index in [9.17, 15) is 9.18 Å². The standard InChI is InChI=1S/C30H29FN4O3/c1-5-9-26(36)34-17-7-6-10-23(34)30-33-28(29-20(3)32-18-19(2)35(29)30)21-13-15-22(16-14-21)38-25-12-8-11-24(37-4)27(25)31/h8,11-16,18,23H,6-7,10,17H2,1-4H3/t23-/m0/s1. The van der Waals surface area contributed by atoms with Crippen molar-refractivity contribution in [1.82, 2.24) is 19.3 Å². The number of benzene rings is 2. The summed E-state index contributed by atoms with van der Waals surface area (Å²) in [6.45, 7) is 6.28. The summed E-state index contributed by atoms with van der Waals surface area (Å²) in [7, 11) is 1.42. The van der Waals surface area contributed by atoms with Gasteiger partial charge in [0.25, 0.3) is 5.91 Å². The molecule has 0 N–H and O–H groups in total. The average molecular weight is 513 g/mol. The van der Waals surface area contributed by atoms with Gasteiger partial charge in [-0.25, -0.2) is 4.98 Å². The molecule has 0 unspecified atom stereocenters. The van der Waals surface area contributed by atoms with Crippen molar-refractivity contribution >= 4 is 11.4 Å². The molecule has 1 aliphatic rings. The molecule has 0 spiro atoms. The molecule has 194 valence electrons. The third kappa shape index (κ3) is 4.56. The Morgan fingerprint density at radius 3 is 2.61 bits per heavy atom. The van der Waals surface area contributed by atoms with Crippen LogP contribution < -0.4 is 9.47 Å². The van der Waals surface area contributed by atoms with E-state index in [1.807, 2.05) is 37.1 Å². The Labute approximate surface area is 221 Å². The molecule has 1 atom stereocenters. The smallest absolute Gasteiger partial charge is 0.299 e. The molecule has 38 heavy (non-hydrogen) atoms. The molecule has 1 fully saturated rings. The zero-order chi connectivity index (χ0) is 26.8. The van der Waals surface area contributed by atoms with Gasteiger partial charge in [0.15, 0.2) is 11.5 Å². The van der Waals surface area contributed by atoms with Crippen LogP contribution in [0.15, 0.2) is 48.7 Å². The first-order chi connectivity index (χ1) is 18.4. The maximum atomic E-state index is 14.6. The number of fused-ring (bicyclic) bond motifs is 1. The predicted octanol–water partition coefficient (Wildman–Crippen LogP) is 6.03. The second-order valence-electron chi connectivity index (χ2n) is 9.27. The summed E-state index contributed by atoms with van der Waals surface area (Å²) in [5.74, 6) is 6.21. The molecule has 2 aromatic carbocycles. The average Bonchev–Trinajstić information content (AvgIpc) is 3.34. The highest BCUT2D eigenvalue weighted by Gasteiger charge is 2.32. The minimum absolute atomic E-state index is 0.0831. The molecule has 0 bridgehead atoms. The van der Waals surface area contributed by atoms with Crippen LogP contribution in [0.3, 0.4) is 0 Å². The van der Waals surface area contributed by atoms with Crippen LogP contribution in [0.5, 0.6) is 17.2 Å². The van der Waals surface area contributed by atoms with E-state index in [0.717, 1.165) is 53.2 Å². The van der Waals surface area contributed by atoms with Crippen molar-refractivity contribution < 1.29 is 18.7 Å². The molecule has 3 heterocycles. The van der Waals surface area contributed by atoms with E-state index in [4.69, 9.17) is 14.5 Å². The van der Waals surface area contributed by atoms with Crippen LogP contribution in [0.2, 0.25) is 0 Å². The number of carbonyl (C=O) groups excluding carboxylic acids is 1. The van der Waals surface area contributed by atoms with Gasteiger partial charge in [-0.3, -0.25) is 14.2 Å². The molecule has 8 heteroatoms. The van der Waals surface area contributed by atoms with E-state index in [1.54, 1.807) is 37.3 Å². The second-order valence-corrected chi connectivity index (χ2v) is 9.27. The molecule has 0 aliphatic carbocycles. The van der Waals surface area contributed by atoms with Gasteiger partial charge >= 0.3 is 0 Å². The Morgan fingerprint density at radius 2 is 1.87 bits per heavy atom. The highest BCUT2D eigenvalue weighted by molar-refractivity contribution is 5.93. The quantitative estimate of drug-likeness (QED) is 0.306. The van der Waals surface area contributed by atoms with Crippen LogP contribution in [0, 0.1) is 31.5 Å². The molecule has 1 saturated heterocycles. The Morgan fingerprint density at radius 1 is 1.11 bits per heavy atom. The number of imidazole rings is 1. The predicted molar refractivity (Wildman–Crippen MR) is 143 cm³/mol. The van der Waals surface area contributed by atoms with Gasteiger partial charge in [-0.15, -0.1) is 0 Å². The highest BCUT2D eigenvalue weighted by atomic mass is 19.1. The summed E-state index contributed by atoms with van der Waals surface area (Å²) in [5, 5.41) is 0. The number of ether oxygens (including phenoxy) is 2. The lowest BCUT2D eigenvalue weighted by atomic mass is 10.0. The molecule has 0 saturated carbocycles. The number of methoxy groups -OCH3 is 1. The Hall–Kier alpha value is -4.38. The summed E-state index contributed by atoms with van der Waals surface area (Å²) in [4.78, 5) is 24.4. The van der Waals surface area contributed by atoms with Crippen LogP contribution in [0.25, 0.3) is 16.8 Å². The Bertz CT molecular complexity index is 1570. The number of rotatable bonds is 5. The fourth-order valence-electron chi connectivity index (χ4n) is 5.02. The number of hydrogen-bond donors (Lipinski definition) is 0. The van der Waals surface area contributed by atoms with E-state index >= 15 is 0 Å². The fourth-order valence-corrected chi connectivity index (χ4v) is 5.02. The van der Waals surface area contributed by atoms with Crippen molar-refractivity contribution in [1.29, 1.82) is 0 Å². The molecule has 4 aromatic rings. The summed E-state index contributed by atoms with van der Waals surface area (Å²) < 4.78 is 27.5. The first-order valence-electron chi connectivity index (χ1n) is 12.6. The lowest BCUT2D eigenvalue weighted by molar-refractivity contribution is -0.129. The van der Waals surface area contributed by atoms with Gasteiger partial charge in [-0.1, -0.05) is 12.0 Å². The number of halogens is 1. The molecular formula is C30H29FN4O3. The summed E-state index contributed by atoms with van der Waals surface area (Å²) >= 11 is 0. The lowest BCUT2D eigenvalue weighted by Gasteiger charge is -2.33. The minimum Gasteiger partial charge on any atom is -0.494 e. The number of hydrogen-bond acceptors (Lipinski definition) is 5. The van der Waals surface area contributed by atoms with Crippen molar-refractivity contribution in [3.05, 3.63) is 71.7 Å². The van der Waals surface area contributed by atoms with Gasteiger partial charge in [0.2, 0.25) is 5.82 Å². The topological polar surface area (TPSA) is 69.0 Å². The first-order valence-corrected chi connectivity index (χ1v) is 12.6. The number of piperidine rings is 1. The van der Waals surface area contributed by atoms with Crippen molar-refractivity contribution in [3.63, 3.8) is 0 Å². The van der Waals surface area contributed by atoms with Gasteiger partial charge in [0.1, 0.15) is 11.6 Å². The van der Waals surface area contributed by atoms with E-state index in [1.165, 1.54) is 7.11 Å². The van der Waals surface area contributed by atoms with E-state index in [0.29, 0.717) is 12.3 Å². The maximum absolute atomic E-state index is 14.6. The number of amides is 1. The van der Waals surface area contributed by atoms with Crippen molar-refractivity contribution in [2.75, 3.05) is 13.7 Å². The fraction of sp³-hybridized carbons (Fsp3) is 0.300. The zero-order valence-electron chi connectivity index (χ0n) is 21.9. The number of aromatic nitrogens is 3. The second kappa shape index (κ2) is 10.5. The molecule has 5 rings (SSSR count). The van der Waals surface area contributed by atoms with Crippen LogP contribution in [0.1, 0.15) is 49.4 Å². The normalized spacial score (nSPS) is 15.2. The first kappa shape index (κ1) is 25.3. The summed E-state index contributed by atoms with van der Waals surface area (Å²) in [6, 6.07) is 11.9. The van der Waals surface area contributed by atoms with Crippen molar-refractivity contribution in [3.8, 4) is 40.3 Å².